The fourth-order valence-corrected chi connectivity index (χ4v) is 4.67. The van der Waals surface area contributed by atoms with Crippen LogP contribution < -0.4 is 0 Å². The zero-order chi connectivity index (χ0) is 23.5. The van der Waals surface area contributed by atoms with Crippen molar-refractivity contribution in [2.45, 2.75) is 167 Å². The molecular formula is C29H58O3. The molecule has 1 unspecified atom stereocenters. The zero-order valence-electron chi connectivity index (χ0n) is 21.8. The van der Waals surface area contributed by atoms with E-state index in [4.69, 9.17) is 10.2 Å². The van der Waals surface area contributed by atoms with Crippen LogP contribution in [0.2, 0.25) is 0 Å². The first-order valence-electron chi connectivity index (χ1n) is 14.5. The maximum Gasteiger partial charge on any atom is 0.303 e. The molecule has 32 heavy (non-hydrogen) atoms. The highest BCUT2D eigenvalue weighted by Crippen LogP contribution is 2.17. The van der Waals surface area contributed by atoms with Crippen molar-refractivity contribution in [2.75, 3.05) is 6.61 Å². The summed E-state index contributed by atoms with van der Waals surface area (Å²) in [6.07, 6.45) is 32.4. The number of aliphatic hydroxyl groups excluding tert-OH is 1. The highest BCUT2D eigenvalue weighted by Gasteiger charge is 2.01. The molecule has 0 amide bonds. The fourth-order valence-electron chi connectivity index (χ4n) is 4.67. The molecule has 0 aromatic heterocycles. The summed E-state index contributed by atoms with van der Waals surface area (Å²) in [7, 11) is 0. The molecule has 0 aliphatic heterocycles. The van der Waals surface area contributed by atoms with Gasteiger partial charge in [0, 0.05) is 13.0 Å². The number of unbranched alkanes of at least 4 members (excludes halogenated alkanes) is 21. The van der Waals surface area contributed by atoms with Crippen LogP contribution in [0.15, 0.2) is 0 Å². The lowest BCUT2D eigenvalue weighted by molar-refractivity contribution is -0.137. The summed E-state index contributed by atoms with van der Waals surface area (Å²) in [6.45, 7) is 2.61. The Balaban J connectivity index is 3.04. The van der Waals surface area contributed by atoms with Gasteiger partial charge in [0.05, 0.1) is 0 Å². The highest BCUT2D eigenvalue weighted by atomic mass is 16.4. The van der Waals surface area contributed by atoms with E-state index in [1.54, 1.807) is 0 Å². The van der Waals surface area contributed by atoms with E-state index in [-0.39, 0.29) is 0 Å². The molecule has 0 fully saturated rings. The van der Waals surface area contributed by atoms with Crippen LogP contribution >= 0.6 is 0 Å². The van der Waals surface area contributed by atoms with Crippen LogP contribution in [0.4, 0.5) is 0 Å². The summed E-state index contributed by atoms with van der Waals surface area (Å²) in [5.41, 5.74) is 0. The predicted molar refractivity (Wildman–Crippen MR) is 139 cm³/mol. The molecule has 1 atom stereocenters. The topological polar surface area (TPSA) is 57.5 Å². The Labute approximate surface area is 201 Å². The Morgan fingerprint density at radius 2 is 0.781 bits per heavy atom. The van der Waals surface area contributed by atoms with Crippen molar-refractivity contribution in [2.24, 2.45) is 5.92 Å². The average molecular weight is 455 g/mol. The SMILES string of the molecule is CC(CCO)CCCCCCCCCCCCCCCCCCCCCCCCC(=O)O. The maximum atomic E-state index is 10.4. The number of hydrogen-bond acceptors (Lipinski definition) is 2. The van der Waals surface area contributed by atoms with Gasteiger partial charge in [-0.05, 0) is 18.8 Å². The van der Waals surface area contributed by atoms with Gasteiger partial charge < -0.3 is 10.2 Å². The summed E-state index contributed by atoms with van der Waals surface area (Å²) >= 11 is 0. The highest BCUT2D eigenvalue weighted by molar-refractivity contribution is 5.66. The minimum absolute atomic E-state index is 0.341. The van der Waals surface area contributed by atoms with Crippen molar-refractivity contribution in [3.63, 3.8) is 0 Å². The van der Waals surface area contributed by atoms with Gasteiger partial charge in [-0.1, -0.05) is 148 Å². The third-order valence-corrected chi connectivity index (χ3v) is 6.96. The first-order chi connectivity index (χ1) is 15.7. The van der Waals surface area contributed by atoms with Crippen molar-refractivity contribution in [3.8, 4) is 0 Å². The molecule has 0 aromatic carbocycles. The Morgan fingerprint density at radius 1 is 0.500 bits per heavy atom. The summed E-state index contributed by atoms with van der Waals surface area (Å²) < 4.78 is 0. The third kappa shape index (κ3) is 27.5. The van der Waals surface area contributed by atoms with E-state index in [1.807, 2.05) is 0 Å². The number of carboxylic acids is 1. The second kappa shape index (κ2) is 26.7. The molecule has 0 rings (SSSR count). The van der Waals surface area contributed by atoms with Crippen LogP contribution in [-0.4, -0.2) is 22.8 Å². The van der Waals surface area contributed by atoms with Crippen LogP contribution in [0.5, 0.6) is 0 Å². The van der Waals surface area contributed by atoms with Crippen LogP contribution in [-0.2, 0) is 4.79 Å². The summed E-state index contributed by atoms with van der Waals surface area (Å²) in [5.74, 6) is 0.0455. The van der Waals surface area contributed by atoms with Gasteiger partial charge in [-0.15, -0.1) is 0 Å². The minimum atomic E-state index is -0.654. The Kier molecular flexibility index (Phi) is 26.2. The van der Waals surface area contributed by atoms with E-state index < -0.39 is 5.97 Å². The molecule has 0 saturated carbocycles. The molecule has 3 heteroatoms. The second-order valence-electron chi connectivity index (χ2n) is 10.3. The van der Waals surface area contributed by atoms with Gasteiger partial charge in [-0.3, -0.25) is 4.79 Å². The second-order valence-corrected chi connectivity index (χ2v) is 10.3. The van der Waals surface area contributed by atoms with Gasteiger partial charge in [0.1, 0.15) is 0 Å². The van der Waals surface area contributed by atoms with Crippen LogP contribution in [0.3, 0.4) is 0 Å². The molecular weight excluding hydrogens is 396 g/mol. The first-order valence-corrected chi connectivity index (χ1v) is 14.5. The first kappa shape index (κ1) is 31.4. The number of carboxylic acid groups (broad SMARTS) is 1. The van der Waals surface area contributed by atoms with Crippen molar-refractivity contribution in [1.82, 2.24) is 0 Å². The Hall–Kier alpha value is -0.570. The molecule has 0 aliphatic carbocycles. The number of aliphatic hydroxyl groups is 1. The Bertz CT molecular complexity index is 369. The van der Waals surface area contributed by atoms with Gasteiger partial charge >= 0.3 is 5.97 Å². The minimum Gasteiger partial charge on any atom is -0.481 e. The quantitative estimate of drug-likeness (QED) is 0.121. The molecule has 2 N–H and O–H groups in total. The van der Waals surface area contributed by atoms with E-state index in [0.29, 0.717) is 18.9 Å². The van der Waals surface area contributed by atoms with Crippen LogP contribution in [0.1, 0.15) is 167 Å². The molecule has 0 saturated heterocycles. The lowest BCUT2D eigenvalue weighted by Gasteiger charge is -2.08. The largest absolute Gasteiger partial charge is 0.481 e. The van der Waals surface area contributed by atoms with Gasteiger partial charge in [0.2, 0.25) is 0 Å². The molecule has 0 bridgehead atoms. The van der Waals surface area contributed by atoms with Crippen molar-refractivity contribution < 1.29 is 15.0 Å². The smallest absolute Gasteiger partial charge is 0.303 e. The Morgan fingerprint density at radius 3 is 1.06 bits per heavy atom. The lowest BCUT2D eigenvalue weighted by Crippen LogP contribution is -1.97. The lowest BCUT2D eigenvalue weighted by atomic mass is 9.99. The molecule has 0 aliphatic rings. The van der Waals surface area contributed by atoms with E-state index in [1.165, 1.54) is 135 Å². The van der Waals surface area contributed by atoms with Crippen LogP contribution in [0, 0.1) is 5.92 Å². The summed E-state index contributed by atoms with van der Waals surface area (Å²) in [6, 6.07) is 0. The average Bonchev–Trinajstić information content (AvgIpc) is 2.76. The van der Waals surface area contributed by atoms with E-state index in [2.05, 4.69) is 6.92 Å². The maximum absolute atomic E-state index is 10.4. The van der Waals surface area contributed by atoms with Crippen molar-refractivity contribution >= 4 is 5.97 Å². The van der Waals surface area contributed by atoms with Gasteiger partial charge in [0.25, 0.3) is 0 Å². The van der Waals surface area contributed by atoms with Gasteiger partial charge in [-0.2, -0.15) is 0 Å². The van der Waals surface area contributed by atoms with E-state index >= 15 is 0 Å². The molecule has 0 heterocycles. The monoisotopic (exact) mass is 454 g/mol. The van der Waals surface area contributed by atoms with E-state index in [9.17, 15) is 4.79 Å². The standard InChI is InChI=1S/C29H58O3/c1-28(26-27-30)24-22-20-18-16-14-12-10-8-6-4-2-3-5-7-9-11-13-15-17-19-21-23-25-29(31)32/h28,30H,2-27H2,1H3,(H,31,32). The number of rotatable bonds is 27. The number of aliphatic carboxylic acids is 1. The van der Waals surface area contributed by atoms with E-state index in [0.717, 1.165) is 19.3 Å². The summed E-state index contributed by atoms with van der Waals surface area (Å²) in [5, 5.41) is 17.5. The molecule has 192 valence electrons. The van der Waals surface area contributed by atoms with Crippen LogP contribution in [0.25, 0.3) is 0 Å². The normalized spacial score (nSPS) is 12.3. The molecule has 0 spiro atoms. The molecule has 0 aromatic rings. The zero-order valence-corrected chi connectivity index (χ0v) is 21.8. The molecule has 0 radical (unpaired) electrons. The van der Waals surface area contributed by atoms with Crippen molar-refractivity contribution in [1.29, 1.82) is 0 Å². The van der Waals surface area contributed by atoms with Gasteiger partial charge in [-0.25, -0.2) is 0 Å². The predicted octanol–water partition coefficient (Wildman–Crippen LogP) is 9.45. The molecule has 3 nitrogen and oxygen atoms in total. The third-order valence-electron chi connectivity index (χ3n) is 6.96. The summed E-state index contributed by atoms with van der Waals surface area (Å²) in [4.78, 5) is 10.4. The van der Waals surface area contributed by atoms with Crippen molar-refractivity contribution in [3.05, 3.63) is 0 Å². The fraction of sp³-hybridized carbons (Fsp3) is 0.966. The number of hydrogen-bond donors (Lipinski definition) is 2. The number of carbonyl (C=O) groups is 1. The van der Waals surface area contributed by atoms with Gasteiger partial charge in [0.15, 0.2) is 0 Å².